The average molecular weight is 531 g/mol. The van der Waals surface area contributed by atoms with Crippen LogP contribution in [0.1, 0.15) is 117 Å². The van der Waals surface area contributed by atoms with E-state index in [2.05, 4.69) is 26.8 Å². The van der Waals surface area contributed by atoms with Crippen LogP contribution in [0, 0.1) is 28.6 Å². The van der Waals surface area contributed by atoms with Crippen molar-refractivity contribution in [3.8, 4) is 0 Å². The first-order chi connectivity index (χ1) is 18.1. The highest BCUT2D eigenvalue weighted by atomic mass is 16.5. The number of unbranched alkanes of at least 4 members (excludes halogenated alkanes) is 3. The van der Waals surface area contributed by atoms with Crippen LogP contribution in [0.25, 0.3) is 0 Å². The molecule has 0 aromatic carbocycles. The minimum atomic E-state index is -0.922. The number of carbonyl (C=O) groups is 4. The van der Waals surface area contributed by atoms with Gasteiger partial charge in [0, 0.05) is 43.4 Å². The number of hydrogen-bond acceptors (Lipinski definition) is 6. The Hall–Kier alpha value is -2.18. The maximum Gasteiger partial charge on any atom is 0.306 e. The van der Waals surface area contributed by atoms with E-state index in [0.717, 1.165) is 57.8 Å². The van der Waals surface area contributed by atoms with Crippen molar-refractivity contribution in [3.05, 3.63) is 11.6 Å². The summed E-state index contributed by atoms with van der Waals surface area (Å²) < 4.78 is 12.0. The first-order valence-corrected chi connectivity index (χ1v) is 14.9. The number of aliphatic carboxylic acids is 1. The number of hydrogen-bond donors (Lipinski definition) is 1. The number of esters is 2. The quantitative estimate of drug-likeness (QED) is 0.193. The maximum absolute atomic E-state index is 12.9. The third-order valence-corrected chi connectivity index (χ3v) is 10.3. The largest absolute Gasteiger partial charge is 0.481 e. The van der Waals surface area contributed by atoms with Gasteiger partial charge in [0.25, 0.3) is 0 Å². The van der Waals surface area contributed by atoms with Gasteiger partial charge in [-0.05, 0) is 68.3 Å². The monoisotopic (exact) mass is 530 g/mol. The molecule has 0 heterocycles. The predicted octanol–water partition coefficient (Wildman–Crippen LogP) is 6.18. The second kappa shape index (κ2) is 11.9. The Balaban J connectivity index is 1.52. The molecule has 2 unspecified atom stereocenters. The molecule has 0 amide bonds. The van der Waals surface area contributed by atoms with Gasteiger partial charge in [0.05, 0.1) is 0 Å². The Morgan fingerprint density at radius 3 is 2.32 bits per heavy atom. The van der Waals surface area contributed by atoms with Gasteiger partial charge in [-0.1, -0.05) is 45.6 Å². The van der Waals surface area contributed by atoms with Gasteiger partial charge < -0.3 is 14.6 Å². The molecular formula is C31H46O7. The summed E-state index contributed by atoms with van der Waals surface area (Å²) in [7, 11) is 0. The molecule has 212 valence electrons. The Labute approximate surface area is 227 Å². The van der Waals surface area contributed by atoms with Gasteiger partial charge in [-0.3, -0.25) is 19.2 Å². The van der Waals surface area contributed by atoms with E-state index in [9.17, 15) is 19.2 Å². The normalized spacial score (nSPS) is 35.9. The first kappa shape index (κ1) is 28.8. The summed E-state index contributed by atoms with van der Waals surface area (Å²) in [6.45, 7) is 6.58. The molecule has 0 bridgehead atoms. The zero-order valence-electron chi connectivity index (χ0n) is 23.5. The minimum absolute atomic E-state index is 0.0616. The van der Waals surface area contributed by atoms with Crippen molar-refractivity contribution in [2.24, 2.45) is 28.6 Å². The van der Waals surface area contributed by atoms with Crippen molar-refractivity contribution in [2.75, 3.05) is 0 Å². The van der Waals surface area contributed by atoms with Crippen molar-refractivity contribution >= 4 is 23.7 Å². The zero-order valence-corrected chi connectivity index (χ0v) is 23.5. The lowest BCUT2D eigenvalue weighted by molar-refractivity contribution is -0.161. The molecule has 0 aromatic rings. The topological polar surface area (TPSA) is 107 Å². The van der Waals surface area contributed by atoms with Gasteiger partial charge in [0.1, 0.15) is 18.0 Å². The fraction of sp³-hybridized carbons (Fsp3) is 0.806. The molecular weight excluding hydrogens is 484 g/mol. The van der Waals surface area contributed by atoms with Crippen molar-refractivity contribution in [1.82, 2.24) is 0 Å². The van der Waals surface area contributed by atoms with Crippen LogP contribution in [0.5, 0.6) is 0 Å². The second-order valence-corrected chi connectivity index (χ2v) is 12.7. The smallest absolute Gasteiger partial charge is 0.306 e. The van der Waals surface area contributed by atoms with Gasteiger partial charge in [0.15, 0.2) is 0 Å². The molecule has 38 heavy (non-hydrogen) atoms. The minimum Gasteiger partial charge on any atom is -0.481 e. The van der Waals surface area contributed by atoms with Crippen molar-refractivity contribution in [3.63, 3.8) is 0 Å². The average Bonchev–Trinajstić information content (AvgIpc) is 3.16. The Bertz CT molecular complexity index is 954. The van der Waals surface area contributed by atoms with Crippen LogP contribution in [0.15, 0.2) is 11.6 Å². The number of carboxylic acids is 1. The number of carboxylic acid groups (broad SMARTS) is 1. The predicted molar refractivity (Wildman–Crippen MR) is 142 cm³/mol. The van der Waals surface area contributed by atoms with Gasteiger partial charge >= 0.3 is 17.9 Å². The molecule has 1 N–H and O–H groups in total. The van der Waals surface area contributed by atoms with Gasteiger partial charge in [-0.15, -0.1) is 0 Å². The van der Waals surface area contributed by atoms with Crippen LogP contribution in [-0.2, 0) is 28.7 Å². The van der Waals surface area contributed by atoms with E-state index in [-0.39, 0.29) is 60.0 Å². The Morgan fingerprint density at radius 2 is 1.58 bits per heavy atom. The summed E-state index contributed by atoms with van der Waals surface area (Å²) in [6, 6.07) is 0. The molecule has 0 radical (unpaired) electrons. The van der Waals surface area contributed by atoms with Crippen LogP contribution in [0.3, 0.4) is 0 Å². The third-order valence-electron chi connectivity index (χ3n) is 10.3. The lowest BCUT2D eigenvalue weighted by atomic mass is 9.47. The van der Waals surface area contributed by atoms with Crippen LogP contribution in [-0.4, -0.2) is 41.0 Å². The number of Topliss-reactive ketones (excluding diaryl/α,β-unsaturated/α-hetero) is 1. The molecule has 4 aliphatic carbocycles. The highest BCUT2D eigenvalue weighted by Crippen LogP contribution is 2.64. The summed E-state index contributed by atoms with van der Waals surface area (Å²) in [4.78, 5) is 49.2. The highest BCUT2D eigenvalue weighted by Gasteiger charge is 2.61. The molecule has 0 aliphatic heterocycles. The van der Waals surface area contributed by atoms with E-state index < -0.39 is 12.1 Å². The van der Waals surface area contributed by atoms with Crippen LogP contribution >= 0.6 is 0 Å². The summed E-state index contributed by atoms with van der Waals surface area (Å²) in [6.07, 6.45) is 12.1. The maximum atomic E-state index is 12.9. The van der Waals surface area contributed by atoms with E-state index >= 15 is 0 Å². The molecule has 0 aromatic heterocycles. The fourth-order valence-electron chi connectivity index (χ4n) is 8.11. The van der Waals surface area contributed by atoms with Gasteiger partial charge in [-0.25, -0.2) is 0 Å². The lowest BCUT2D eigenvalue weighted by Crippen LogP contribution is -2.55. The fourth-order valence-corrected chi connectivity index (χ4v) is 8.11. The van der Waals surface area contributed by atoms with Crippen LogP contribution in [0.2, 0.25) is 0 Å². The zero-order chi connectivity index (χ0) is 27.5. The molecule has 4 aliphatic rings. The summed E-state index contributed by atoms with van der Waals surface area (Å²) >= 11 is 0. The summed E-state index contributed by atoms with van der Waals surface area (Å²) in [5.74, 6) is -0.528. The SMILES string of the molecule is CCCCCCC(=O)OC1CC[C@@]2(C)C(=CC(OC(=O)CCCC(=O)O)[C@@H]3[C@H]2CC[C@]2(C)C(=O)CC[C@@H]32)C1. The molecule has 7 heteroatoms. The standard InChI is InChI=1S/C31H46O7/c1-4-5-6-7-10-27(35)37-21-14-16-30(2)20(18-21)19-24(38-28(36)11-8-9-26(33)34)29-22-12-13-25(32)31(22,3)17-15-23(29)30/h19,21-24,29H,4-18H2,1-3H3,(H,33,34)/t21?,22-,23+,24?,29-,30-,31-/m0/s1. The summed E-state index contributed by atoms with van der Waals surface area (Å²) in [5, 5.41) is 8.95. The lowest BCUT2D eigenvalue weighted by Gasteiger charge is -2.58. The molecule has 3 fully saturated rings. The first-order valence-electron chi connectivity index (χ1n) is 14.9. The van der Waals surface area contributed by atoms with Crippen LogP contribution in [0.4, 0.5) is 0 Å². The molecule has 7 nitrogen and oxygen atoms in total. The molecule has 4 rings (SSSR count). The Kier molecular flexibility index (Phi) is 9.03. The van der Waals surface area contributed by atoms with E-state index in [1.807, 2.05) is 0 Å². The van der Waals surface area contributed by atoms with E-state index in [4.69, 9.17) is 14.6 Å². The summed E-state index contributed by atoms with van der Waals surface area (Å²) in [5.41, 5.74) is 0.792. The number of carbonyl (C=O) groups excluding carboxylic acids is 3. The Morgan fingerprint density at radius 1 is 0.895 bits per heavy atom. The van der Waals surface area contributed by atoms with Gasteiger partial charge in [0.2, 0.25) is 0 Å². The van der Waals surface area contributed by atoms with E-state index in [0.29, 0.717) is 31.0 Å². The third kappa shape index (κ3) is 5.86. The van der Waals surface area contributed by atoms with E-state index in [1.165, 1.54) is 5.57 Å². The number of rotatable bonds is 11. The van der Waals surface area contributed by atoms with Crippen molar-refractivity contribution < 1.29 is 33.8 Å². The molecule has 0 saturated heterocycles. The number of ketones is 1. The van der Waals surface area contributed by atoms with E-state index in [1.54, 1.807) is 0 Å². The van der Waals surface area contributed by atoms with Gasteiger partial charge in [-0.2, -0.15) is 0 Å². The van der Waals surface area contributed by atoms with Crippen molar-refractivity contribution in [1.29, 1.82) is 0 Å². The number of fused-ring (bicyclic) bond motifs is 5. The highest BCUT2D eigenvalue weighted by molar-refractivity contribution is 5.87. The molecule has 3 saturated carbocycles. The molecule has 7 atom stereocenters. The van der Waals surface area contributed by atoms with Crippen molar-refractivity contribution in [2.45, 2.75) is 129 Å². The van der Waals surface area contributed by atoms with Crippen LogP contribution < -0.4 is 0 Å². The second-order valence-electron chi connectivity index (χ2n) is 12.7. The molecule has 0 spiro atoms. The number of ether oxygens (including phenoxy) is 2.